The molecule has 2 heterocycles. The predicted molar refractivity (Wildman–Crippen MR) is 248 cm³/mol. The first-order chi connectivity index (χ1) is 29.5. The van der Waals surface area contributed by atoms with Crippen LogP contribution in [0.4, 0.5) is 17.1 Å². The van der Waals surface area contributed by atoms with E-state index in [0.29, 0.717) is 0 Å². The fourth-order valence-electron chi connectivity index (χ4n) is 9.75. The minimum Gasteiger partial charge on any atom is -0.455 e. The molecule has 2 aliphatic rings. The van der Waals surface area contributed by atoms with Crippen LogP contribution in [0, 0.1) is 0 Å². The molecular weight excluding hydrogens is 731 g/mol. The topological polar surface area (TPSA) is 25.6 Å². The fraction of sp³-hybridized carbons (Fsp3) is 0.0526. The van der Waals surface area contributed by atoms with Gasteiger partial charge in [-0.2, -0.15) is 0 Å². The van der Waals surface area contributed by atoms with Crippen molar-refractivity contribution < 1.29 is 9.15 Å². The van der Waals surface area contributed by atoms with Gasteiger partial charge in [0.25, 0.3) is 0 Å². The summed E-state index contributed by atoms with van der Waals surface area (Å²) in [4.78, 5) is 2.37. The van der Waals surface area contributed by atoms with E-state index in [4.69, 9.17) is 9.15 Å². The first-order valence-electron chi connectivity index (χ1n) is 20.7. The van der Waals surface area contributed by atoms with Gasteiger partial charge in [-0.1, -0.05) is 166 Å². The van der Waals surface area contributed by atoms with Crippen molar-refractivity contribution in [1.29, 1.82) is 0 Å². The molecule has 1 aliphatic heterocycles. The highest BCUT2D eigenvalue weighted by Gasteiger charge is 2.36. The summed E-state index contributed by atoms with van der Waals surface area (Å²) in [5.74, 6) is 1.64. The van der Waals surface area contributed by atoms with E-state index in [0.717, 1.165) is 89.4 Å². The lowest BCUT2D eigenvalue weighted by Gasteiger charge is -2.30. The van der Waals surface area contributed by atoms with E-state index < -0.39 is 0 Å². The van der Waals surface area contributed by atoms with E-state index >= 15 is 0 Å². The maximum atomic E-state index is 7.23. The van der Waals surface area contributed by atoms with Crippen LogP contribution in [0.2, 0.25) is 0 Å². The summed E-state index contributed by atoms with van der Waals surface area (Å²) < 4.78 is 13.7. The van der Waals surface area contributed by atoms with Crippen molar-refractivity contribution in [3.8, 4) is 67.1 Å². The Hall–Kier alpha value is -7.62. The summed E-state index contributed by atoms with van der Waals surface area (Å²) in [7, 11) is 0. The molecular formula is C57H39NO2. The number of ether oxygens (including phenoxy) is 1. The second-order valence-electron chi connectivity index (χ2n) is 16.4. The zero-order chi connectivity index (χ0) is 40.0. The molecule has 0 unspecified atom stereocenters. The molecule has 0 fully saturated rings. The number of furan rings is 1. The summed E-state index contributed by atoms with van der Waals surface area (Å²) in [6, 6.07) is 71.8. The van der Waals surface area contributed by atoms with Gasteiger partial charge in [-0.15, -0.1) is 0 Å². The largest absolute Gasteiger partial charge is 0.455 e. The highest BCUT2D eigenvalue weighted by molar-refractivity contribution is 6.09. The number of rotatable bonds is 5. The smallest absolute Gasteiger partial charge is 0.159 e. The van der Waals surface area contributed by atoms with E-state index in [1.54, 1.807) is 0 Å². The second-order valence-corrected chi connectivity index (χ2v) is 16.4. The van der Waals surface area contributed by atoms with Gasteiger partial charge >= 0.3 is 0 Å². The van der Waals surface area contributed by atoms with Gasteiger partial charge < -0.3 is 14.1 Å². The molecule has 0 saturated heterocycles. The van der Waals surface area contributed by atoms with E-state index in [2.05, 4.69) is 207 Å². The molecule has 0 amide bonds. The zero-order valence-corrected chi connectivity index (χ0v) is 33.3. The number of benzene rings is 9. The Morgan fingerprint density at radius 3 is 1.88 bits per heavy atom. The molecule has 12 rings (SSSR count). The Balaban J connectivity index is 1.05. The Bertz CT molecular complexity index is 3320. The van der Waals surface area contributed by atoms with Gasteiger partial charge in [0.2, 0.25) is 0 Å². The average Bonchev–Trinajstić information content (AvgIpc) is 3.74. The van der Waals surface area contributed by atoms with Crippen molar-refractivity contribution >= 4 is 39.0 Å². The lowest BCUT2D eigenvalue weighted by molar-refractivity contribution is 0.489. The van der Waals surface area contributed by atoms with Crippen LogP contribution in [0.25, 0.3) is 77.6 Å². The maximum Gasteiger partial charge on any atom is 0.159 e. The number of para-hydroxylation sites is 3. The van der Waals surface area contributed by atoms with Crippen molar-refractivity contribution in [2.45, 2.75) is 19.3 Å². The minimum atomic E-state index is -0.166. The molecule has 3 heteroatoms. The number of anilines is 3. The molecule has 10 aromatic rings. The lowest BCUT2D eigenvalue weighted by Crippen LogP contribution is -2.17. The van der Waals surface area contributed by atoms with Crippen molar-refractivity contribution in [2.24, 2.45) is 0 Å². The van der Waals surface area contributed by atoms with Crippen molar-refractivity contribution in [1.82, 2.24) is 0 Å². The van der Waals surface area contributed by atoms with Gasteiger partial charge in [0.15, 0.2) is 5.75 Å². The van der Waals surface area contributed by atoms with Crippen molar-refractivity contribution in [3.05, 3.63) is 211 Å². The molecule has 0 bridgehead atoms. The molecule has 284 valence electrons. The molecule has 3 nitrogen and oxygen atoms in total. The van der Waals surface area contributed by atoms with Crippen LogP contribution in [-0.4, -0.2) is 0 Å². The van der Waals surface area contributed by atoms with Crippen LogP contribution in [0.3, 0.4) is 0 Å². The van der Waals surface area contributed by atoms with Crippen molar-refractivity contribution in [2.75, 3.05) is 4.90 Å². The average molecular weight is 770 g/mol. The van der Waals surface area contributed by atoms with Crippen molar-refractivity contribution in [3.63, 3.8) is 0 Å². The third-order valence-electron chi connectivity index (χ3n) is 12.7. The maximum absolute atomic E-state index is 7.23. The van der Waals surface area contributed by atoms with Crippen LogP contribution in [0.15, 0.2) is 205 Å². The lowest BCUT2D eigenvalue weighted by atomic mass is 9.82. The van der Waals surface area contributed by atoms with Crippen LogP contribution in [-0.2, 0) is 5.41 Å². The zero-order valence-electron chi connectivity index (χ0n) is 33.3. The molecule has 1 aromatic heterocycles. The minimum absolute atomic E-state index is 0.166. The van der Waals surface area contributed by atoms with Gasteiger partial charge in [0.05, 0.1) is 5.69 Å². The highest BCUT2D eigenvalue weighted by Crippen LogP contribution is 2.55. The summed E-state index contributed by atoms with van der Waals surface area (Å²) >= 11 is 0. The van der Waals surface area contributed by atoms with E-state index in [9.17, 15) is 0 Å². The predicted octanol–water partition coefficient (Wildman–Crippen LogP) is 16.1. The molecule has 1 aliphatic carbocycles. The Morgan fingerprint density at radius 1 is 0.400 bits per heavy atom. The third kappa shape index (κ3) is 5.22. The first kappa shape index (κ1) is 34.4. The standard InChI is InChI=1S/C57H39NO2/c1-57(2)50-23-10-8-18-44(50)45-32-31-40(35-51(45)57)58(39-29-26-37(27-30-39)41-20-12-21-48-46-19-9-11-25-53(46)59-55(41)48)52-24-13-22-47-42-16-6-7-17-43(42)49-34-38(36-14-4-3-5-15-36)28-33-54(49)60-56(47)52/h3-35H,1-2H3. The van der Waals surface area contributed by atoms with Gasteiger partial charge in [-0.3, -0.25) is 0 Å². The highest BCUT2D eigenvalue weighted by atomic mass is 16.5. The number of fused-ring (bicyclic) bond motifs is 11. The quantitative estimate of drug-likeness (QED) is 0.174. The fourth-order valence-corrected chi connectivity index (χ4v) is 9.75. The number of hydrogen-bond acceptors (Lipinski definition) is 3. The Labute approximate surface area is 349 Å². The second kappa shape index (κ2) is 13.2. The number of nitrogens with zero attached hydrogens (tertiary/aromatic N) is 1. The number of hydrogen-bond donors (Lipinski definition) is 0. The Morgan fingerprint density at radius 2 is 1.03 bits per heavy atom. The van der Waals surface area contributed by atoms with Gasteiger partial charge in [-0.25, -0.2) is 0 Å². The summed E-state index contributed by atoms with van der Waals surface area (Å²) in [5.41, 5.74) is 18.8. The van der Waals surface area contributed by atoms with Crippen LogP contribution in [0.5, 0.6) is 11.5 Å². The van der Waals surface area contributed by atoms with Crippen LogP contribution >= 0.6 is 0 Å². The third-order valence-corrected chi connectivity index (χ3v) is 12.7. The van der Waals surface area contributed by atoms with E-state index in [1.807, 2.05) is 12.1 Å². The normalized spacial score (nSPS) is 13.1. The van der Waals surface area contributed by atoms with Crippen LogP contribution < -0.4 is 9.64 Å². The van der Waals surface area contributed by atoms with Crippen LogP contribution in [0.1, 0.15) is 25.0 Å². The first-order valence-corrected chi connectivity index (χ1v) is 20.7. The van der Waals surface area contributed by atoms with E-state index in [1.165, 1.54) is 27.8 Å². The SMILES string of the molecule is CC1(C)c2ccccc2-c2ccc(N(c3ccc(-c4cccc5c4oc4ccccc45)cc3)c3cccc4c3Oc3ccc(-c5ccccc5)cc3-c3ccccc3-4)cc21. The molecule has 0 atom stereocenters. The molecule has 0 N–H and O–H groups in total. The molecule has 0 radical (unpaired) electrons. The monoisotopic (exact) mass is 769 g/mol. The molecule has 9 aromatic carbocycles. The molecule has 60 heavy (non-hydrogen) atoms. The summed E-state index contributed by atoms with van der Waals surface area (Å²) in [5, 5.41) is 2.25. The Kier molecular flexibility index (Phi) is 7.58. The van der Waals surface area contributed by atoms with E-state index in [-0.39, 0.29) is 5.41 Å². The molecule has 0 spiro atoms. The summed E-state index contributed by atoms with van der Waals surface area (Å²) in [6.45, 7) is 4.68. The molecule has 0 saturated carbocycles. The van der Waals surface area contributed by atoms with Gasteiger partial charge in [-0.05, 0) is 98.6 Å². The van der Waals surface area contributed by atoms with Gasteiger partial charge in [0, 0.05) is 44.3 Å². The van der Waals surface area contributed by atoms with Gasteiger partial charge in [0.1, 0.15) is 16.9 Å². The summed E-state index contributed by atoms with van der Waals surface area (Å²) in [6.07, 6.45) is 0.